The van der Waals surface area contributed by atoms with Gasteiger partial charge in [0.15, 0.2) is 0 Å². The molecule has 0 amide bonds. The van der Waals surface area contributed by atoms with E-state index in [0.717, 1.165) is 12.8 Å². The van der Waals surface area contributed by atoms with Crippen molar-refractivity contribution in [2.24, 2.45) is 11.8 Å². The molecule has 4 heteroatoms. The largest absolute Gasteiger partial charge is 0.243 e. The van der Waals surface area contributed by atoms with Crippen LogP contribution in [0, 0.1) is 11.8 Å². The van der Waals surface area contributed by atoms with Gasteiger partial charge in [-0.05, 0) is 36.8 Å². The fourth-order valence-electron chi connectivity index (χ4n) is 1.90. The number of benzene rings is 1. The Bertz CT molecular complexity index is 468. The van der Waals surface area contributed by atoms with Crippen LogP contribution in [0.3, 0.4) is 0 Å². The minimum atomic E-state index is -3.36. The number of rotatable bonds is 8. The van der Waals surface area contributed by atoms with Crippen LogP contribution in [-0.2, 0) is 10.0 Å². The maximum absolute atomic E-state index is 12.7. The summed E-state index contributed by atoms with van der Waals surface area (Å²) in [6.07, 6.45) is 1.79. The fourth-order valence-corrected chi connectivity index (χ4v) is 3.39. The van der Waals surface area contributed by atoms with Crippen molar-refractivity contribution in [1.82, 2.24) is 4.31 Å². The Labute approximate surface area is 124 Å². The van der Waals surface area contributed by atoms with Gasteiger partial charge in [-0.3, -0.25) is 0 Å². The van der Waals surface area contributed by atoms with Crippen LogP contribution in [0.1, 0.15) is 40.5 Å². The average molecular weight is 297 g/mol. The SMILES string of the molecule is CC(C)CCN(CCC(C)C)S(=O)(=O)c1ccccc1. The first-order valence-electron chi connectivity index (χ1n) is 7.39. The molecular weight excluding hydrogens is 270 g/mol. The normalized spacial score (nSPS) is 12.6. The monoisotopic (exact) mass is 297 g/mol. The minimum Gasteiger partial charge on any atom is -0.207 e. The van der Waals surface area contributed by atoms with E-state index in [1.54, 1.807) is 28.6 Å². The number of nitrogens with zero attached hydrogens (tertiary/aromatic N) is 1. The summed E-state index contributed by atoms with van der Waals surface area (Å²) in [6, 6.07) is 8.73. The van der Waals surface area contributed by atoms with Gasteiger partial charge in [-0.1, -0.05) is 45.9 Å². The molecule has 0 saturated heterocycles. The second-order valence-electron chi connectivity index (χ2n) is 6.08. The number of hydrogen-bond acceptors (Lipinski definition) is 2. The van der Waals surface area contributed by atoms with Crippen LogP contribution in [0.4, 0.5) is 0 Å². The third-order valence-electron chi connectivity index (χ3n) is 3.29. The summed E-state index contributed by atoms with van der Waals surface area (Å²) in [7, 11) is -3.36. The van der Waals surface area contributed by atoms with Crippen molar-refractivity contribution in [1.29, 1.82) is 0 Å². The molecule has 0 saturated carbocycles. The summed E-state index contributed by atoms with van der Waals surface area (Å²) in [5.74, 6) is 1.00. The molecule has 0 radical (unpaired) electrons. The molecule has 1 aromatic rings. The van der Waals surface area contributed by atoms with Gasteiger partial charge in [0, 0.05) is 13.1 Å². The first-order chi connectivity index (χ1) is 9.34. The molecule has 20 heavy (non-hydrogen) atoms. The van der Waals surface area contributed by atoms with Crippen LogP contribution >= 0.6 is 0 Å². The van der Waals surface area contributed by atoms with Gasteiger partial charge in [-0.15, -0.1) is 0 Å². The zero-order chi connectivity index (χ0) is 15.2. The molecule has 0 aromatic heterocycles. The van der Waals surface area contributed by atoms with Gasteiger partial charge in [0.2, 0.25) is 10.0 Å². The standard InChI is InChI=1S/C16H27NO2S/c1-14(2)10-12-17(13-11-15(3)4)20(18,19)16-8-6-5-7-9-16/h5-9,14-15H,10-13H2,1-4H3. The number of hydrogen-bond donors (Lipinski definition) is 0. The van der Waals surface area contributed by atoms with Crippen molar-refractivity contribution >= 4 is 10.0 Å². The fraction of sp³-hybridized carbons (Fsp3) is 0.625. The van der Waals surface area contributed by atoms with Crippen molar-refractivity contribution in [3.05, 3.63) is 30.3 Å². The van der Waals surface area contributed by atoms with E-state index >= 15 is 0 Å². The van der Waals surface area contributed by atoms with Gasteiger partial charge in [-0.25, -0.2) is 8.42 Å². The highest BCUT2D eigenvalue weighted by atomic mass is 32.2. The highest BCUT2D eigenvalue weighted by molar-refractivity contribution is 7.89. The molecule has 1 aromatic carbocycles. The summed E-state index contributed by atoms with van der Waals surface area (Å²) in [5, 5.41) is 0. The van der Waals surface area contributed by atoms with Gasteiger partial charge in [-0.2, -0.15) is 4.31 Å². The van der Waals surface area contributed by atoms with Crippen LogP contribution in [0.15, 0.2) is 35.2 Å². The zero-order valence-corrected chi connectivity index (χ0v) is 13.9. The van der Waals surface area contributed by atoms with E-state index in [-0.39, 0.29) is 0 Å². The van der Waals surface area contributed by atoms with Gasteiger partial charge in [0.1, 0.15) is 0 Å². The van der Waals surface area contributed by atoms with Crippen LogP contribution in [-0.4, -0.2) is 25.8 Å². The zero-order valence-electron chi connectivity index (χ0n) is 13.0. The second-order valence-corrected chi connectivity index (χ2v) is 8.02. The molecule has 0 aliphatic rings. The molecule has 0 bridgehead atoms. The van der Waals surface area contributed by atoms with E-state index in [2.05, 4.69) is 27.7 Å². The van der Waals surface area contributed by atoms with Crippen molar-refractivity contribution in [2.45, 2.75) is 45.4 Å². The van der Waals surface area contributed by atoms with Gasteiger partial charge in [0.05, 0.1) is 4.90 Å². The van der Waals surface area contributed by atoms with E-state index in [4.69, 9.17) is 0 Å². The van der Waals surface area contributed by atoms with E-state index < -0.39 is 10.0 Å². The molecule has 0 atom stereocenters. The lowest BCUT2D eigenvalue weighted by atomic mass is 10.1. The minimum absolute atomic E-state index is 0.396. The van der Waals surface area contributed by atoms with Crippen LogP contribution in [0.5, 0.6) is 0 Å². The van der Waals surface area contributed by atoms with Crippen molar-refractivity contribution in [3.63, 3.8) is 0 Å². The van der Waals surface area contributed by atoms with Crippen molar-refractivity contribution < 1.29 is 8.42 Å². The van der Waals surface area contributed by atoms with Crippen molar-refractivity contribution in [2.75, 3.05) is 13.1 Å². The Kier molecular flexibility index (Phi) is 6.69. The van der Waals surface area contributed by atoms with Gasteiger partial charge in [0.25, 0.3) is 0 Å². The molecule has 0 N–H and O–H groups in total. The smallest absolute Gasteiger partial charge is 0.207 e. The Morgan fingerprint density at radius 2 is 1.35 bits per heavy atom. The third kappa shape index (κ3) is 5.25. The lowest BCUT2D eigenvalue weighted by molar-refractivity contribution is 0.357. The van der Waals surface area contributed by atoms with E-state index in [9.17, 15) is 8.42 Å². The molecule has 1 rings (SSSR count). The van der Waals surface area contributed by atoms with E-state index in [1.807, 2.05) is 6.07 Å². The summed E-state index contributed by atoms with van der Waals surface area (Å²) in [6.45, 7) is 9.68. The summed E-state index contributed by atoms with van der Waals surface area (Å²) < 4.78 is 27.0. The first kappa shape index (κ1) is 17.2. The molecular formula is C16H27NO2S. The molecule has 0 fully saturated rings. The lowest BCUT2D eigenvalue weighted by Crippen LogP contribution is -2.34. The predicted octanol–water partition coefficient (Wildman–Crippen LogP) is 3.77. The Balaban J connectivity index is 2.90. The Morgan fingerprint density at radius 3 is 1.75 bits per heavy atom. The van der Waals surface area contributed by atoms with Crippen LogP contribution in [0.2, 0.25) is 0 Å². The molecule has 0 aliphatic heterocycles. The average Bonchev–Trinajstić information content (AvgIpc) is 2.38. The summed E-state index contributed by atoms with van der Waals surface area (Å²) in [4.78, 5) is 0.396. The maximum Gasteiger partial charge on any atom is 0.243 e. The van der Waals surface area contributed by atoms with Crippen LogP contribution < -0.4 is 0 Å². The Hall–Kier alpha value is -0.870. The highest BCUT2D eigenvalue weighted by Gasteiger charge is 2.24. The molecule has 0 aliphatic carbocycles. The van der Waals surface area contributed by atoms with Crippen molar-refractivity contribution in [3.8, 4) is 0 Å². The third-order valence-corrected chi connectivity index (χ3v) is 5.21. The molecule has 114 valence electrons. The Morgan fingerprint density at radius 1 is 0.900 bits per heavy atom. The topological polar surface area (TPSA) is 37.4 Å². The molecule has 0 spiro atoms. The predicted molar refractivity (Wildman–Crippen MR) is 84.1 cm³/mol. The van der Waals surface area contributed by atoms with Gasteiger partial charge >= 0.3 is 0 Å². The summed E-state index contributed by atoms with van der Waals surface area (Å²) >= 11 is 0. The molecule has 0 unspecified atom stereocenters. The second kappa shape index (κ2) is 7.79. The molecule has 0 heterocycles. The lowest BCUT2D eigenvalue weighted by Gasteiger charge is -2.24. The highest BCUT2D eigenvalue weighted by Crippen LogP contribution is 2.18. The quantitative estimate of drug-likeness (QED) is 0.732. The van der Waals surface area contributed by atoms with E-state index in [0.29, 0.717) is 29.8 Å². The van der Waals surface area contributed by atoms with Crippen LogP contribution in [0.25, 0.3) is 0 Å². The number of sulfonamides is 1. The summed E-state index contributed by atoms with van der Waals surface area (Å²) in [5.41, 5.74) is 0. The van der Waals surface area contributed by atoms with Gasteiger partial charge < -0.3 is 0 Å². The maximum atomic E-state index is 12.7. The van der Waals surface area contributed by atoms with E-state index in [1.165, 1.54) is 0 Å². The first-order valence-corrected chi connectivity index (χ1v) is 8.83. The molecule has 3 nitrogen and oxygen atoms in total.